The monoisotopic (exact) mass is 578 g/mol. The Morgan fingerprint density at radius 3 is 0.743 bits per heavy atom. The molecule has 0 saturated carbocycles. The second-order valence-corrected chi connectivity index (χ2v) is 13.0. The van der Waals surface area contributed by atoms with Gasteiger partial charge in [-0.15, -0.1) is 0 Å². The Hall–Kier alpha value is -0.777. The number of aliphatic hydroxyl groups excluding tert-OH is 4. The molecule has 0 amide bonds. The Kier molecular flexibility index (Phi) is 23.3. The predicted molar refractivity (Wildman–Crippen MR) is 144 cm³/mol. The fraction of sp³-hybridized carbons (Fsp3) is 0.786. The standard InChI is InChI=1S/2C11H20O2.2C3H8O.Zr/c2*1-10(2,3)8(12)7-9(13)11(4,5)6;2*1-3(2)4;/h2*7,12H,1-6H3;2*3-4H,1-2H3;. The first-order valence-corrected chi connectivity index (χ1v) is 11.8. The predicted octanol–water partition coefficient (Wildman–Crippen LogP) is 6.95. The third kappa shape index (κ3) is 33.2. The van der Waals surface area contributed by atoms with Crippen LogP contribution >= 0.6 is 0 Å². The Balaban J connectivity index is -0.000000128. The molecule has 6 nitrogen and oxygen atoms in total. The van der Waals surface area contributed by atoms with Gasteiger partial charge in [-0.05, 0) is 27.7 Å². The van der Waals surface area contributed by atoms with Crippen LogP contribution in [0.5, 0.6) is 0 Å². The van der Waals surface area contributed by atoms with Crippen molar-refractivity contribution in [3.63, 3.8) is 0 Å². The van der Waals surface area contributed by atoms with E-state index in [4.69, 9.17) is 10.2 Å². The summed E-state index contributed by atoms with van der Waals surface area (Å²) in [6, 6.07) is 0. The maximum absolute atomic E-state index is 11.5. The van der Waals surface area contributed by atoms with Crippen molar-refractivity contribution in [2.45, 2.75) is 123 Å². The molecule has 7 heteroatoms. The van der Waals surface area contributed by atoms with Crippen LogP contribution in [0, 0.1) is 21.7 Å². The molecule has 0 unspecified atom stereocenters. The Morgan fingerprint density at radius 1 is 0.514 bits per heavy atom. The number of hydrogen-bond donors (Lipinski definition) is 4. The Bertz CT molecular complexity index is 583. The summed E-state index contributed by atoms with van der Waals surface area (Å²) in [5.74, 6) is 0.208. The summed E-state index contributed by atoms with van der Waals surface area (Å²) in [4.78, 5) is 23.0. The van der Waals surface area contributed by atoms with Crippen LogP contribution in [-0.4, -0.2) is 44.2 Å². The van der Waals surface area contributed by atoms with Crippen molar-refractivity contribution >= 4 is 11.6 Å². The molecule has 0 bridgehead atoms. The van der Waals surface area contributed by atoms with Gasteiger partial charge in [0.1, 0.15) is 11.5 Å². The molecule has 0 saturated heterocycles. The molecule has 208 valence electrons. The van der Waals surface area contributed by atoms with Gasteiger partial charge in [0.15, 0.2) is 11.6 Å². The average Bonchev–Trinajstić information content (AvgIpc) is 2.50. The zero-order valence-corrected chi connectivity index (χ0v) is 27.9. The summed E-state index contributed by atoms with van der Waals surface area (Å²) in [7, 11) is 0. The first kappa shape index (κ1) is 44.2. The van der Waals surface area contributed by atoms with Crippen LogP contribution in [-0.2, 0) is 35.8 Å². The van der Waals surface area contributed by atoms with Crippen molar-refractivity contribution in [2.24, 2.45) is 21.7 Å². The van der Waals surface area contributed by atoms with E-state index in [0.29, 0.717) is 0 Å². The molecule has 0 aromatic rings. The van der Waals surface area contributed by atoms with E-state index in [-0.39, 0.29) is 72.3 Å². The molecule has 0 aliphatic rings. The summed E-state index contributed by atoms with van der Waals surface area (Å²) in [5, 5.41) is 35.2. The van der Waals surface area contributed by atoms with Crippen molar-refractivity contribution in [1.29, 1.82) is 0 Å². The molecule has 0 aliphatic carbocycles. The van der Waals surface area contributed by atoms with Gasteiger partial charge in [0, 0.05) is 72.2 Å². The van der Waals surface area contributed by atoms with Crippen LogP contribution in [0.4, 0.5) is 0 Å². The number of carbonyl (C=O) groups is 2. The minimum Gasteiger partial charge on any atom is -0.512 e. The minimum atomic E-state index is -0.417. The summed E-state index contributed by atoms with van der Waals surface area (Å²) in [6.07, 6.45) is 2.33. The molecule has 4 N–H and O–H groups in total. The number of carbonyl (C=O) groups excluding carboxylic acids is 2. The molecular weight excluding hydrogens is 524 g/mol. The van der Waals surface area contributed by atoms with E-state index >= 15 is 0 Å². The van der Waals surface area contributed by atoms with Crippen LogP contribution in [0.3, 0.4) is 0 Å². The second-order valence-electron chi connectivity index (χ2n) is 13.0. The van der Waals surface area contributed by atoms with Crippen LogP contribution < -0.4 is 0 Å². The van der Waals surface area contributed by atoms with Crippen molar-refractivity contribution in [2.75, 3.05) is 0 Å². The summed E-state index contributed by atoms with van der Waals surface area (Å²) < 4.78 is 0. The van der Waals surface area contributed by atoms with E-state index in [0.717, 1.165) is 0 Å². The van der Waals surface area contributed by atoms with Gasteiger partial charge in [-0.2, -0.15) is 0 Å². The fourth-order valence-corrected chi connectivity index (χ4v) is 1.11. The summed E-state index contributed by atoms with van der Waals surface area (Å²) in [6.45, 7) is 29.1. The van der Waals surface area contributed by atoms with E-state index in [9.17, 15) is 19.8 Å². The normalized spacial score (nSPS) is 12.8. The van der Waals surface area contributed by atoms with Crippen molar-refractivity contribution in [3.05, 3.63) is 23.7 Å². The first-order valence-electron chi connectivity index (χ1n) is 11.8. The minimum absolute atomic E-state index is 0. The smallest absolute Gasteiger partial charge is 0.164 e. The first-order chi connectivity index (χ1) is 14.6. The number of allylic oxidation sites excluding steroid dienone is 4. The van der Waals surface area contributed by atoms with Gasteiger partial charge in [0.25, 0.3) is 0 Å². The molecule has 0 spiro atoms. The number of aliphatic hydroxyl groups is 4. The summed E-state index contributed by atoms with van der Waals surface area (Å²) >= 11 is 0. The SMILES string of the molecule is CC(C)(C)C(=O)C=C(O)C(C)(C)C.CC(C)(C)C(=O)C=C(O)C(C)(C)C.CC(C)O.CC(C)O.[Zr]. The van der Waals surface area contributed by atoms with E-state index in [1.165, 1.54) is 12.2 Å². The maximum Gasteiger partial charge on any atom is 0.164 e. The zero-order chi connectivity index (χ0) is 28.9. The van der Waals surface area contributed by atoms with Gasteiger partial charge in [0.05, 0.1) is 0 Å². The van der Waals surface area contributed by atoms with Crippen molar-refractivity contribution < 1.29 is 56.2 Å². The van der Waals surface area contributed by atoms with Gasteiger partial charge in [-0.3, -0.25) is 9.59 Å². The second kappa shape index (κ2) is 18.5. The van der Waals surface area contributed by atoms with E-state index in [1.807, 2.05) is 83.1 Å². The number of rotatable bonds is 2. The summed E-state index contributed by atoms with van der Waals surface area (Å²) in [5.41, 5.74) is -1.53. The van der Waals surface area contributed by atoms with E-state index < -0.39 is 10.8 Å². The van der Waals surface area contributed by atoms with Gasteiger partial charge in [0.2, 0.25) is 0 Å². The Labute approximate surface area is 235 Å². The fourth-order valence-electron chi connectivity index (χ4n) is 1.11. The third-order valence-corrected chi connectivity index (χ3v) is 3.55. The van der Waals surface area contributed by atoms with Gasteiger partial charge < -0.3 is 20.4 Å². The van der Waals surface area contributed by atoms with Crippen molar-refractivity contribution in [3.8, 4) is 0 Å². The molecule has 0 heterocycles. The van der Waals surface area contributed by atoms with Crippen LogP contribution in [0.2, 0.25) is 0 Å². The van der Waals surface area contributed by atoms with Gasteiger partial charge in [-0.25, -0.2) is 0 Å². The molecule has 0 rings (SSSR count). The van der Waals surface area contributed by atoms with Crippen LogP contribution in [0.1, 0.15) is 111 Å². The molecular formula is C28H56O6Zr. The number of ketones is 2. The third-order valence-electron chi connectivity index (χ3n) is 3.55. The van der Waals surface area contributed by atoms with E-state index in [1.54, 1.807) is 27.7 Å². The Morgan fingerprint density at radius 2 is 0.657 bits per heavy atom. The average molecular weight is 580 g/mol. The number of hydrogen-bond acceptors (Lipinski definition) is 6. The molecule has 0 fully saturated rings. The molecule has 0 aliphatic heterocycles. The van der Waals surface area contributed by atoms with E-state index in [2.05, 4.69) is 0 Å². The molecule has 0 atom stereocenters. The largest absolute Gasteiger partial charge is 0.512 e. The maximum atomic E-state index is 11.5. The molecule has 0 aromatic carbocycles. The zero-order valence-electron chi connectivity index (χ0n) is 25.4. The van der Waals surface area contributed by atoms with Crippen LogP contribution in [0.15, 0.2) is 23.7 Å². The van der Waals surface area contributed by atoms with Gasteiger partial charge in [-0.1, -0.05) is 83.1 Å². The quantitative estimate of drug-likeness (QED) is 0.208. The topological polar surface area (TPSA) is 115 Å². The molecule has 35 heavy (non-hydrogen) atoms. The van der Waals surface area contributed by atoms with Gasteiger partial charge >= 0.3 is 0 Å². The molecule has 0 aromatic heterocycles. The van der Waals surface area contributed by atoms with Crippen LogP contribution in [0.25, 0.3) is 0 Å². The molecule has 0 radical (unpaired) electrons. The van der Waals surface area contributed by atoms with Crippen molar-refractivity contribution in [1.82, 2.24) is 0 Å².